The van der Waals surface area contributed by atoms with Crippen LogP contribution in [0.1, 0.15) is 0 Å². The van der Waals surface area contributed by atoms with Gasteiger partial charge >= 0.3 is 6.03 Å². The maximum absolute atomic E-state index is 11.9. The molecule has 3 aromatic rings. The number of rotatable bonds is 2. The third kappa shape index (κ3) is 2.55. The van der Waals surface area contributed by atoms with Gasteiger partial charge in [-0.05, 0) is 30.3 Å². The lowest BCUT2D eigenvalue weighted by molar-refractivity contribution is 0.262. The fourth-order valence-corrected chi connectivity index (χ4v) is 1.95. The molecule has 0 aliphatic carbocycles. The Balaban J connectivity index is 1.76. The van der Waals surface area contributed by atoms with Crippen LogP contribution in [0.5, 0.6) is 0 Å². The second kappa shape index (κ2) is 5.18. The van der Waals surface area contributed by atoms with Crippen LogP contribution in [-0.2, 0) is 0 Å². The molecule has 0 atom stereocenters. The number of carbonyl (C=O) groups is 1. The summed E-state index contributed by atoms with van der Waals surface area (Å²) in [7, 11) is 0. The molecule has 0 radical (unpaired) electrons. The predicted octanol–water partition coefficient (Wildman–Crippen LogP) is 3.03. The normalized spacial score (nSPS) is 10.4. The Morgan fingerprint density at radius 3 is 2.85 bits per heavy atom. The molecular weight excluding hydrogens is 278 g/mol. The average molecular weight is 288 g/mol. The lowest BCUT2D eigenvalue weighted by Gasteiger charge is -2.06. The summed E-state index contributed by atoms with van der Waals surface area (Å²) in [6, 6.07) is 12.0. The second-order valence-electron chi connectivity index (χ2n) is 4.04. The molecule has 0 fully saturated rings. The highest BCUT2D eigenvalue weighted by molar-refractivity contribution is 6.30. The quantitative estimate of drug-likeness (QED) is 0.761. The summed E-state index contributed by atoms with van der Waals surface area (Å²) in [5, 5.41) is 13.7. The highest BCUT2D eigenvalue weighted by Gasteiger charge is 2.08. The molecule has 7 heteroatoms. The molecule has 100 valence electrons. The van der Waals surface area contributed by atoms with Gasteiger partial charge in [-0.1, -0.05) is 23.7 Å². The summed E-state index contributed by atoms with van der Waals surface area (Å²) in [5.74, 6) is 0.347. The Bertz CT molecular complexity index is 770. The molecule has 2 amide bonds. The first kappa shape index (κ1) is 12.4. The zero-order valence-corrected chi connectivity index (χ0v) is 11.0. The van der Waals surface area contributed by atoms with Gasteiger partial charge in [-0.15, -0.1) is 10.2 Å². The van der Waals surface area contributed by atoms with Gasteiger partial charge in [0.15, 0.2) is 5.65 Å². The molecule has 6 nitrogen and oxygen atoms in total. The van der Waals surface area contributed by atoms with E-state index in [1.165, 1.54) is 0 Å². The van der Waals surface area contributed by atoms with Crippen LogP contribution in [0.4, 0.5) is 16.4 Å². The fraction of sp³-hybridized carbons (Fsp3) is 0. The first-order valence-corrected chi connectivity index (χ1v) is 6.23. The number of hydrogen-bond acceptors (Lipinski definition) is 3. The van der Waals surface area contributed by atoms with Crippen molar-refractivity contribution in [1.82, 2.24) is 14.6 Å². The molecule has 0 unspecified atom stereocenters. The molecule has 2 heterocycles. The Kier molecular flexibility index (Phi) is 3.22. The van der Waals surface area contributed by atoms with Gasteiger partial charge in [-0.3, -0.25) is 9.72 Å². The van der Waals surface area contributed by atoms with Crippen LogP contribution >= 0.6 is 11.6 Å². The third-order valence-electron chi connectivity index (χ3n) is 2.62. The lowest BCUT2D eigenvalue weighted by atomic mass is 10.3. The van der Waals surface area contributed by atoms with E-state index in [9.17, 15) is 4.79 Å². The SMILES string of the molecule is O=C(Nc1cccc(Cl)c1)Nc1nnc2ccccn12. The molecule has 0 saturated carbocycles. The van der Waals surface area contributed by atoms with Crippen molar-refractivity contribution in [2.24, 2.45) is 0 Å². The second-order valence-corrected chi connectivity index (χ2v) is 4.48. The number of hydrogen-bond donors (Lipinski definition) is 2. The molecule has 0 bridgehead atoms. The number of nitrogens with one attached hydrogen (secondary N) is 2. The number of benzene rings is 1. The van der Waals surface area contributed by atoms with E-state index in [1.54, 1.807) is 40.9 Å². The van der Waals surface area contributed by atoms with Crippen LogP contribution in [0.2, 0.25) is 5.02 Å². The Morgan fingerprint density at radius 1 is 1.10 bits per heavy atom. The number of nitrogens with zero attached hydrogens (tertiary/aromatic N) is 3. The van der Waals surface area contributed by atoms with Crippen molar-refractivity contribution in [3.8, 4) is 0 Å². The maximum Gasteiger partial charge on any atom is 0.326 e. The molecule has 0 saturated heterocycles. The van der Waals surface area contributed by atoms with Crippen molar-refractivity contribution in [1.29, 1.82) is 0 Å². The zero-order chi connectivity index (χ0) is 13.9. The minimum Gasteiger partial charge on any atom is -0.308 e. The minimum absolute atomic E-state index is 0.347. The predicted molar refractivity (Wildman–Crippen MR) is 77.1 cm³/mol. The van der Waals surface area contributed by atoms with E-state index in [1.807, 2.05) is 12.1 Å². The summed E-state index contributed by atoms with van der Waals surface area (Å²) in [6.07, 6.45) is 1.77. The molecule has 0 aliphatic rings. The van der Waals surface area contributed by atoms with Crippen LogP contribution in [0.25, 0.3) is 5.65 Å². The largest absolute Gasteiger partial charge is 0.326 e. The average Bonchev–Trinajstić information content (AvgIpc) is 2.82. The van der Waals surface area contributed by atoms with Gasteiger partial charge in [0.25, 0.3) is 0 Å². The number of carbonyl (C=O) groups excluding carboxylic acids is 1. The maximum atomic E-state index is 11.9. The van der Waals surface area contributed by atoms with Crippen molar-refractivity contribution in [2.45, 2.75) is 0 Å². The number of halogens is 1. The number of urea groups is 1. The van der Waals surface area contributed by atoms with E-state index in [4.69, 9.17) is 11.6 Å². The minimum atomic E-state index is -0.412. The van der Waals surface area contributed by atoms with E-state index in [0.717, 1.165) is 0 Å². The summed E-state index contributed by atoms with van der Waals surface area (Å²) in [6.45, 7) is 0. The standard InChI is InChI=1S/C13H10ClN5O/c14-9-4-3-5-10(8-9)15-13(20)16-12-18-17-11-6-1-2-7-19(11)12/h1-8H,(H2,15,16,18,20). The molecular formula is C13H10ClN5O. The number of pyridine rings is 1. The van der Waals surface area contributed by atoms with Crippen LogP contribution in [-0.4, -0.2) is 20.6 Å². The molecule has 3 rings (SSSR count). The van der Waals surface area contributed by atoms with E-state index in [0.29, 0.717) is 22.3 Å². The Hall–Kier alpha value is -2.60. The van der Waals surface area contributed by atoms with Crippen molar-refractivity contribution in [2.75, 3.05) is 10.6 Å². The molecule has 2 aromatic heterocycles. The Morgan fingerprint density at radius 2 is 2.00 bits per heavy atom. The van der Waals surface area contributed by atoms with E-state index in [2.05, 4.69) is 20.8 Å². The number of aromatic nitrogens is 3. The van der Waals surface area contributed by atoms with Crippen molar-refractivity contribution in [3.63, 3.8) is 0 Å². The number of anilines is 2. The molecule has 2 N–H and O–H groups in total. The highest BCUT2D eigenvalue weighted by Crippen LogP contribution is 2.15. The molecule has 20 heavy (non-hydrogen) atoms. The summed E-state index contributed by atoms with van der Waals surface area (Å²) in [5.41, 5.74) is 1.26. The van der Waals surface area contributed by atoms with Crippen LogP contribution in [0.3, 0.4) is 0 Å². The summed E-state index contributed by atoms with van der Waals surface area (Å²) >= 11 is 5.85. The highest BCUT2D eigenvalue weighted by atomic mass is 35.5. The number of fused-ring (bicyclic) bond motifs is 1. The Labute approximate surface area is 119 Å². The summed E-state index contributed by atoms with van der Waals surface area (Å²) < 4.78 is 1.68. The first-order chi connectivity index (χ1) is 9.72. The third-order valence-corrected chi connectivity index (χ3v) is 2.86. The smallest absolute Gasteiger partial charge is 0.308 e. The topological polar surface area (TPSA) is 71.3 Å². The monoisotopic (exact) mass is 287 g/mol. The van der Waals surface area contributed by atoms with E-state index < -0.39 is 6.03 Å². The zero-order valence-electron chi connectivity index (χ0n) is 10.2. The lowest BCUT2D eigenvalue weighted by Crippen LogP contribution is -2.20. The number of amides is 2. The van der Waals surface area contributed by atoms with Gasteiger partial charge in [0.1, 0.15) is 0 Å². The van der Waals surface area contributed by atoms with Gasteiger partial charge in [0.05, 0.1) is 0 Å². The molecule has 0 aliphatic heterocycles. The van der Waals surface area contributed by atoms with Gasteiger partial charge < -0.3 is 5.32 Å². The van der Waals surface area contributed by atoms with Crippen LogP contribution in [0, 0.1) is 0 Å². The van der Waals surface area contributed by atoms with Crippen LogP contribution in [0.15, 0.2) is 48.7 Å². The summed E-state index contributed by atoms with van der Waals surface area (Å²) in [4.78, 5) is 11.9. The van der Waals surface area contributed by atoms with E-state index in [-0.39, 0.29) is 0 Å². The molecule has 0 spiro atoms. The van der Waals surface area contributed by atoms with Crippen LogP contribution < -0.4 is 10.6 Å². The van der Waals surface area contributed by atoms with Gasteiger partial charge in [-0.25, -0.2) is 4.79 Å². The van der Waals surface area contributed by atoms with Gasteiger partial charge in [0.2, 0.25) is 5.95 Å². The molecule has 1 aromatic carbocycles. The van der Waals surface area contributed by atoms with E-state index >= 15 is 0 Å². The van der Waals surface area contributed by atoms with Gasteiger partial charge in [0, 0.05) is 16.9 Å². The fourth-order valence-electron chi connectivity index (χ4n) is 1.76. The first-order valence-electron chi connectivity index (χ1n) is 5.86. The van der Waals surface area contributed by atoms with Crippen molar-refractivity contribution in [3.05, 3.63) is 53.7 Å². The van der Waals surface area contributed by atoms with Crippen molar-refractivity contribution >= 4 is 34.9 Å². The van der Waals surface area contributed by atoms with Crippen molar-refractivity contribution < 1.29 is 4.79 Å². The van der Waals surface area contributed by atoms with Gasteiger partial charge in [-0.2, -0.15) is 0 Å².